The van der Waals surface area contributed by atoms with Crippen LogP contribution in [0.1, 0.15) is 72.0 Å². The number of likely N-dealkylation sites (tertiary alicyclic amines) is 1. The van der Waals surface area contributed by atoms with Crippen LogP contribution in [-0.4, -0.2) is 51.4 Å². The Hall–Kier alpha value is -2.15. The molecule has 0 radical (unpaired) electrons. The minimum Gasteiger partial charge on any atom is -0.444 e. The second kappa shape index (κ2) is 8.30. The molecule has 2 atom stereocenters. The third-order valence-corrected chi connectivity index (χ3v) is 5.57. The first-order valence-corrected chi connectivity index (χ1v) is 10.5. The molecule has 0 aromatic heterocycles. The van der Waals surface area contributed by atoms with Gasteiger partial charge in [-0.1, -0.05) is 17.4 Å². The lowest BCUT2D eigenvalue weighted by atomic mass is 9.99. The van der Waals surface area contributed by atoms with Gasteiger partial charge >= 0.3 is 6.09 Å². The second-order valence-corrected chi connectivity index (χ2v) is 9.66. The molecule has 1 aromatic rings. The monoisotopic (exact) mass is 402 g/mol. The Morgan fingerprint density at radius 1 is 1.28 bits per heavy atom. The summed E-state index contributed by atoms with van der Waals surface area (Å²) in [6.07, 6.45) is 2.63. The van der Waals surface area contributed by atoms with Gasteiger partial charge in [0.25, 0.3) is 0 Å². The van der Waals surface area contributed by atoms with Crippen LogP contribution in [0.15, 0.2) is 34.6 Å². The Labute approximate surface area is 173 Å². The first-order chi connectivity index (χ1) is 13.6. The average molecular weight is 403 g/mol. The predicted molar refractivity (Wildman–Crippen MR) is 112 cm³/mol. The molecule has 0 unspecified atom stereocenters. The van der Waals surface area contributed by atoms with Crippen LogP contribution in [0.4, 0.5) is 10.5 Å². The zero-order valence-electron chi connectivity index (χ0n) is 18.3. The van der Waals surface area contributed by atoms with Gasteiger partial charge in [-0.15, -0.1) is 5.11 Å². The van der Waals surface area contributed by atoms with E-state index in [-0.39, 0.29) is 17.7 Å². The summed E-state index contributed by atoms with van der Waals surface area (Å²) < 4.78 is 5.63. The Balaban J connectivity index is 1.78. The van der Waals surface area contributed by atoms with Gasteiger partial charge in [-0.3, -0.25) is 9.91 Å². The van der Waals surface area contributed by atoms with Crippen molar-refractivity contribution in [2.24, 2.45) is 10.3 Å². The fourth-order valence-electron chi connectivity index (χ4n) is 4.09. The van der Waals surface area contributed by atoms with Crippen molar-refractivity contribution in [2.45, 2.75) is 83.6 Å². The first kappa shape index (κ1) is 21.6. The Morgan fingerprint density at radius 3 is 2.62 bits per heavy atom. The molecule has 0 aliphatic carbocycles. The van der Waals surface area contributed by atoms with Crippen molar-refractivity contribution in [3.05, 3.63) is 29.8 Å². The van der Waals surface area contributed by atoms with Crippen molar-refractivity contribution in [1.82, 2.24) is 9.91 Å². The summed E-state index contributed by atoms with van der Waals surface area (Å²) in [5, 5.41) is 21.7. The summed E-state index contributed by atoms with van der Waals surface area (Å²) in [5.74, 6) is 0. The molecule has 0 bridgehead atoms. The van der Waals surface area contributed by atoms with Crippen molar-refractivity contribution in [2.75, 3.05) is 13.1 Å². The van der Waals surface area contributed by atoms with Gasteiger partial charge in [0.1, 0.15) is 5.60 Å². The van der Waals surface area contributed by atoms with E-state index in [1.165, 1.54) is 0 Å². The van der Waals surface area contributed by atoms with Crippen LogP contribution in [-0.2, 0) is 4.74 Å². The summed E-state index contributed by atoms with van der Waals surface area (Å²) in [6, 6.07) is 7.13. The van der Waals surface area contributed by atoms with Crippen molar-refractivity contribution in [3.8, 4) is 0 Å². The smallest absolute Gasteiger partial charge is 0.411 e. The minimum atomic E-state index is -0.814. The van der Waals surface area contributed by atoms with Crippen LogP contribution in [0.3, 0.4) is 0 Å². The number of nitrogens with zero attached hydrogens (tertiary/aromatic N) is 4. The number of carbonyl (C=O) groups is 1. The standard InChI is InChI=1S/C22H34N4O3/c1-21(2,3)29-20(28)26-18(11-12-22(26,4)5)19(27)16-9-8-10-17(15-16)23-24-25-13-6-7-14-25/h8-10,15,18-19,27H,6-7,11-14H2,1-5H3/t18-,19-/m1/s1. The number of benzene rings is 1. The van der Waals surface area contributed by atoms with Crippen LogP contribution in [0.5, 0.6) is 0 Å². The van der Waals surface area contributed by atoms with E-state index in [1.807, 2.05) is 63.9 Å². The molecule has 1 aromatic carbocycles. The maximum atomic E-state index is 12.9. The highest BCUT2D eigenvalue weighted by Gasteiger charge is 2.47. The number of hydrogen-bond acceptors (Lipinski definition) is 5. The predicted octanol–water partition coefficient (Wildman–Crippen LogP) is 4.99. The topological polar surface area (TPSA) is 77.7 Å². The van der Waals surface area contributed by atoms with Crippen molar-refractivity contribution < 1.29 is 14.6 Å². The number of aliphatic hydroxyl groups excluding tert-OH is 1. The van der Waals surface area contributed by atoms with Crippen LogP contribution >= 0.6 is 0 Å². The van der Waals surface area contributed by atoms with E-state index >= 15 is 0 Å². The Bertz CT molecular complexity index is 751. The summed E-state index contributed by atoms with van der Waals surface area (Å²) in [6.45, 7) is 11.5. The molecule has 2 heterocycles. The zero-order chi connectivity index (χ0) is 21.2. The van der Waals surface area contributed by atoms with Gasteiger partial charge in [-0.2, -0.15) is 0 Å². The van der Waals surface area contributed by atoms with Crippen LogP contribution in [0.2, 0.25) is 0 Å². The largest absolute Gasteiger partial charge is 0.444 e. The molecule has 2 fully saturated rings. The molecular weight excluding hydrogens is 368 g/mol. The summed E-state index contributed by atoms with van der Waals surface area (Å²) >= 11 is 0. The van der Waals surface area contributed by atoms with Crippen LogP contribution < -0.4 is 0 Å². The number of carbonyl (C=O) groups excluding carboxylic acids is 1. The molecule has 2 saturated heterocycles. The molecule has 7 nitrogen and oxygen atoms in total. The SMILES string of the molecule is CC(C)(C)OC(=O)N1[C@@H]([C@H](O)c2cccc(N=NN3CCCC3)c2)CCC1(C)C. The summed E-state index contributed by atoms with van der Waals surface area (Å²) in [4.78, 5) is 14.6. The van der Waals surface area contributed by atoms with Crippen molar-refractivity contribution >= 4 is 11.8 Å². The van der Waals surface area contributed by atoms with E-state index in [0.29, 0.717) is 12.1 Å². The normalized spacial score (nSPS) is 23.0. The highest BCUT2D eigenvalue weighted by atomic mass is 16.6. The molecule has 160 valence electrons. The van der Waals surface area contributed by atoms with Crippen LogP contribution in [0, 0.1) is 0 Å². The molecular formula is C22H34N4O3. The highest BCUT2D eigenvalue weighted by Crippen LogP contribution is 2.40. The van der Waals surface area contributed by atoms with E-state index in [9.17, 15) is 9.90 Å². The van der Waals surface area contributed by atoms with E-state index in [1.54, 1.807) is 4.90 Å². The maximum Gasteiger partial charge on any atom is 0.411 e. The molecule has 3 rings (SSSR count). The molecule has 29 heavy (non-hydrogen) atoms. The van der Waals surface area contributed by atoms with E-state index in [0.717, 1.165) is 37.9 Å². The lowest BCUT2D eigenvalue weighted by Crippen LogP contribution is -2.50. The van der Waals surface area contributed by atoms with Crippen LogP contribution in [0.25, 0.3) is 0 Å². The van der Waals surface area contributed by atoms with Gasteiger partial charge < -0.3 is 9.84 Å². The zero-order valence-corrected chi connectivity index (χ0v) is 18.3. The molecule has 2 aliphatic rings. The fourth-order valence-corrected chi connectivity index (χ4v) is 4.09. The highest BCUT2D eigenvalue weighted by molar-refractivity contribution is 5.70. The van der Waals surface area contributed by atoms with Crippen molar-refractivity contribution in [3.63, 3.8) is 0 Å². The molecule has 0 spiro atoms. The average Bonchev–Trinajstić information content (AvgIpc) is 3.25. The number of aliphatic hydroxyl groups is 1. The van der Waals surface area contributed by atoms with E-state index in [4.69, 9.17) is 4.74 Å². The third-order valence-electron chi connectivity index (χ3n) is 5.57. The van der Waals surface area contributed by atoms with Gasteiger partial charge in [0, 0.05) is 18.6 Å². The number of ether oxygens (including phenoxy) is 1. The lowest BCUT2D eigenvalue weighted by molar-refractivity contribution is -0.0166. The maximum absolute atomic E-state index is 12.9. The molecule has 2 aliphatic heterocycles. The third kappa shape index (κ3) is 5.26. The molecule has 7 heteroatoms. The minimum absolute atomic E-state index is 0.342. The van der Waals surface area contributed by atoms with Crippen molar-refractivity contribution in [1.29, 1.82) is 0 Å². The fraction of sp³-hybridized carbons (Fsp3) is 0.682. The van der Waals surface area contributed by atoms with E-state index in [2.05, 4.69) is 10.3 Å². The quantitative estimate of drug-likeness (QED) is 0.720. The number of amides is 1. The molecule has 1 amide bonds. The molecule has 0 saturated carbocycles. The van der Waals surface area contributed by atoms with E-state index < -0.39 is 11.7 Å². The lowest BCUT2D eigenvalue weighted by Gasteiger charge is -2.38. The number of hydrogen-bond donors (Lipinski definition) is 1. The van der Waals surface area contributed by atoms with Gasteiger partial charge in [0.05, 0.1) is 17.8 Å². The first-order valence-electron chi connectivity index (χ1n) is 10.5. The van der Waals surface area contributed by atoms with Gasteiger partial charge in [-0.25, -0.2) is 4.79 Å². The summed E-state index contributed by atoms with van der Waals surface area (Å²) in [5.41, 5.74) is 0.482. The summed E-state index contributed by atoms with van der Waals surface area (Å²) in [7, 11) is 0. The van der Waals surface area contributed by atoms with Gasteiger partial charge in [-0.05, 0) is 78.0 Å². The molecule has 1 N–H and O–H groups in total. The Morgan fingerprint density at radius 2 is 1.97 bits per heavy atom. The van der Waals surface area contributed by atoms with Gasteiger partial charge in [0.15, 0.2) is 0 Å². The second-order valence-electron chi connectivity index (χ2n) is 9.66. The van der Waals surface area contributed by atoms with Gasteiger partial charge in [0.2, 0.25) is 0 Å². The number of rotatable bonds is 4. The Kier molecular flexibility index (Phi) is 6.17.